The number of carbonyl (C=O) groups excluding carboxylic acids is 1. The number of nitrogens with two attached hydrogens (primary N) is 1. The molecule has 0 fully saturated rings. The van der Waals surface area contributed by atoms with Gasteiger partial charge in [0.25, 0.3) is 0 Å². The van der Waals surface area contributed by atoms with Crippen LogP contribution < -0.4 is 5.73 Å². The summed E-state index contributed by atoms with van der Waals surface area (Å²) in [6, 6.07) is 0. The molecular formula is C8H17NO2. The van der Waals surface area contributed by atoms with Gasteiger partial charge in [0, 0.05) is 6.54 Å². The summed E-state index contributed by atoms with van der Waals surface area (Å²) < 4.78 is 4.59. The van der Waals surface area contributed by atoms with Gasteiger partial charge in [-0.25, -0.2) is 0 Å². The van der Waals surface area contributed by atoms with Crippen LogP contribution in [0.3, 0.4) is 0 Å². The van der Waals surface area contributed by atoms with Gasteiger partial charge >= 0.3 is 5.97 Å². The van der Waals surface area contributed by atoms with Crippen LogP contribution in [0.5, 0.6) is 0 Å². The third-order valence-electron chi connectivity index (χ3n) is 1.57. The van der Waals surface area contributed by atoms with Crippen LogP contribution in [0.2, 0.25) is 0 Å². The molecule has 0 saturated heterocycles. The van der Waals surface area contributed by atoms with Crippen molar-refractivity contribution in [2.75, 3.05) is 13.7 Å². The number of methoxy groups -OCH3 is 1. The number of esters is 1. The smallest absolute Gasteiger partial charge is 0.309 e. The maximum Gasteiger partial charge on any atom is 0.309 e. The first-order chi connectivity index (χ1) is 5.11. The van der Waals surface area contributed by atoms with E-state index in [1.807, 2.05) is 0 Å². The van der Waals surface area contributed by atoms with Crippen molar-refractivity contribution in [1.82, 2.24) is 0 Å². The third-order valence-corrected chi connectivity index (χ3v) is 1.57. The Kier molecular flexibility index (Phi) is 4.86. The van der Waals surface area contributed by atoms with Gasteiger partial charge in [0.15, 0.2) is 0 Å². The van der Waals surface area contributed by atoms with Gasteiger partial charge in [0.2, 0.25) is 0 Å². The molecule has 11 heavy (non-hydrogen) atoms. The van der Waals surface area contributed by atoms with Crippen molar-refractivity contribution in [2.45, 2.75) is 20.3 Å². The average Bonchev–Trinajstić information content (AvgIpc) is 1.98. The molecule has 0 aliphatic rings. The largest absolute Gasteiger partial charge is 0.469 e. The molecule has 0 spiro atoms. The first kappa shape index (κ1) is 10.4. The molecule has 3 nitrogen and oxygen atoms in total. The fourth-order valence-corrected chi connectivity index (χ4v) is 1.02. The second kappa shape index (κ2) is 5.13. The Balaban J connectivity index is 3.84. The summed E-state index contributed by atoms with van der Waals surface area (Å²) in [7, 11) is 1.39. The molecular weight excluding hydrogens is 142 g/mol. The number of rotatable bonds is 4. The van der Waals surface area contributed by atoms with Crippen LogP contribution >= 0.6 is 0 Å². The third kappa shape index (κ3) is 3.98. The SMILES string of the molecule is COC(=O)[C@H](CN)CC(C)C. The predicted octanol–water partition coefficient (Wildman–Crippen LogP) is 0.780. The van der Waals surface area contributed by atoms with Gasteiger partial charge in [0.1, 0.15) is 0 Å². The molecule has 0 amide bonds. The van der Waals surface area contributed by atoms with Gasteiger partial charge in [-0.15, -0.1) is 0 Å². The minimum atomic E-state index is -0.193. The summed E-state index contributed by atoms with van der Waals surface area (Å²) in [6.45, 7) is 4.50. The monoisotopic (exact) mass is 159 g/mol. The van der Waals surface area contributed by atoms with Crippen LogP contribution in [0.1, 0.15) is 20.3 Å². The van der Waals surface area contributed by atoms with Crippen LogP contribution in [0.25, 0.3) is 0 Å². The minimum Gasteiger partial charge on any atom is -0.469 e. The van der Waals surface area contributed by atoms with E-state index >= 15 is 0 Å². The lowest BCUT2D eigenvalue weighted by atomic mass is 9.97. The fraction of sp³-hybridized carbons (Fsp3) is 0.875. The normalized spacial score (nSPS) is 13.2. The fourth-order valence-electron chi connectivity index (χ4n) is 1.02. The molecule has 3 heteroatoms. The molecule has 0 bridgehead atoms. The van der Waals surface area contributed by atoms with Gasteiger partial charge in [-0.2, -0.15) is 0 Å². The predicted molar refractivity (Wildman–Crippen MR) is 44.0 cm³/mol. The Morgan fingerprint density at radius 2 is 2.09 bits per heavy atom. The highest BCUT2D eigenvalue weighted by Crippen LogP contribution is 2.11. The van der Waals surface area contributed by atoms with Crippen LogP contribution in [0.4, 0.5) is 0 Å². The molecule has 0 rings (SSSR count). The lowest BCUT2D eigenvalue weighted by Gasteiger charge is -2.13. The Labute approximate surface area is 67.9 Å². The molecule has 1 atom stereocenters. The van der Waals surface area contributed by atoms with Crippen LogP contribution in [0.15, 0.2) is 0 Å². The summed E-state index contributed by atoms with van der Waals surface area (Å²) in [5, 5.41) is 0. The van der Waals surface area contributed by atoms with E-state index in [2.05, 4.69) is 18.6 Å². The van der Waals surface area contributed by atoms with Crippen molar-refractivity contribution >= 4 is 5.97 Å². The molecule has 0 heterocycles. The lowest BCUT2D eigenvalue weighted by molar-refractivity contribution is -0.145. The van der Waals surface area contributed by atoms with Crippen LogP contribution in [-0.4, -0.2) is 19.6 Å². The van der Waals surface area contributed by atoms with Crippen molar-refractivity contribution in [1.29, 1.82) is 0 Å². The van der Waals surface area contributed by atoms with Gasteiger partial charge < -0.3 is 10.5 Å². The van der Waals surface area contributed by atoms with E-state index in [-0.39, 0.29) is 11.9 Å². The molecule has 0 aromatic heterocycles. The number of carbonyl (C=O) groups is 1. The van der Waals surface area contributed by atoms with E-state index < -0.39 is 0 Å². The second-order valence-corrected chi connectivity index (χ2v) is 3.09. The zero-order chi connectivity index (χ0) is 8.85. The summed E-state index contributed by atoms with van der Waals surface area (Å²) in [5.41, 5.74) is 5.40. The maximum atomic E-state index is 11.0. The van der Waals surface area contributed by atoms with E-state index in [1.54, 1.807) is 0 Å². The van der Waals surface area contributed by atoms with Crippen LogP contribution in [-0.2, 0) is 9.53 Å². The van der Waals surface area contributed by atoms with E-state index in [4.69, 9.17) is 5.73 Å². The summed E-state index contributed by atoms with van der Waals surface area (Å²) in [4.78, 5) is 11.0. The van der Waals surface area contributed by atoms with E-state index in [1.165, 1.54) is 7.11 Å². The first-order valence-electron chi connectivity index (χ1n) is 3.89. The Morgan fingerprint density at radius 3 is 2.36 bits per heavy atom. The van der Waals surface area contributed by atoms with E-state index in [0.717, 1.165) is 6.42 Å². The summed E-state index contributed by atoms with van der Waals surface area (Å²) in [5.74, 6) is 0.170. The summed E-state index contributed by atoms with van der Waals surface area (Å²) in [6.07, 6.45) is 0.809. The number of hydrogen-bond donors (Lipinski definition) is 1. The highest BCUT2D eigenvalue weighted by Gasteiger charge is 2.17. The molecule has 0 unspecified atom stereocenters. The van der Waals surface area contributed by atoms with Crippen molar-refractivity contribution in [2.24, 2.45) is 17.6 Å². The zero-order valence-corrected chi connectivity index (χ0v) is 7.46. The van der Waals surface area contributed by atoms with Gasteiger partial charge in [-0.3, -0.25) is 4.79 Å². The van der Waals surface area contributed by atoms with E-state index in [0.29, 0.717) is 12.5 Å². The standard InChI is InChI=1S/C8H17NO2/c1-6(2)4-7(5-9)8(10)11-3/h6-7H,4-5,9H2,1-3H3/t7-/m0/s1. The Hall–Kier alpha value is -0.570. The van der Waals surface area contributed by atoms with Gasteiger partial charge in [0.05, 0.1) is 13.0 Å². The Morgan fingerprint density at radius 1 is 1.55 bits per heavy atom. The highest BCUT2D eigenvalue weighted by molar-refractivity contribution is 5.72. The van der Waals surface area contributed by atoms with Crippen molar-refractivity contribution in [3.8, 4) is 0 Å². The van der Waals surface area contributed by atoms with Crippen molar-refractivity contribution in [3.63, 3.8) is 0 Å². The van der Waals surface area contributed by atoms with Crippen molar-refractivity contribution in [3.05, 3.63) is 0 Å². The average molecular weight is 159 g/mol. The number of hydrogen-bond acceptors (Lipinski definition) is 3. The quantitative estimate of drug-likeness (QED) is 0.617. The second-order valence-electron chi connectivity index (χ2n) is 3.09. The molecule has 0 aromatic carbocycles. The van der Waals surface area contributed by atoms with E-state index in [9.17, 15) is 4.79 Å². The zero-order valence-electron chi connectivity index (χ0n) is 7.46. The topological polar surface area (TPSA) is 52.3 Å². The lowest BCUT2D eigenvalue weighted by Crippen LogP contribution is -2.26. The van der Waals surface area contributed by atoms with Gasteiger partial charge in [-0.1, -0.05) is 13.8 Å². The minimum absolute atomic E-state index is 0.125. The molecule has 0 radical (unpaired) electrons. The maximum absolute atomic E-state index is 11.0. The molecule has 0 aromatic rings. The Bertz CT molecular complexity index is 123. The van der Waals surface area contributed by atoms with Crippen LogP contribution in [0, 0.1) is 11.8 Å². The first-order valence-corrected chi connectivity index (χ1v) is 3.89. The molecule has 0 saturated carbocycles. The molecule has 2 N–H and O–H groups in total. The summed E-state index contributed by atoms with van der Waals surface area (Å²) >= 11 is 0. The van der Waals surface area contributed by atoms with Crippen molar-refractivity contribution < 1.29 is 9.53 Å². The van der Waals surface area contributed by atoms with Gasteiger partial charge in [-0.05, 0) is 12.3 Å². The highest BCUT2D eigenvalue weighted by atomic mass is 16.5. The number of ether oxygens (including phenoxy) is 1. The molecule has 0 aliphatic carbocycles. The molecule has 66 valence electrons. The molecule has 0 aliphatic heterocycles.